The van der Waals surface area contributed by atoms with Crippen molar-refractivity contribution in [2.45, 2.75) is 45.1 Å². The van der Waals surface area contributed by atoms with E-state index in [1.165, 1.54) is 12.8 Å². The average Bonchev–Trinajstić information content (AvgIpc) is 2.26. The van der Waals surface area contributed by atoms with Gasteiger partial charge in [-0.1, -0.05) is 19.8 Å². The standard InChI is InChI=1S/C11H24N4O.ClH/c1-2-3-4-7-14-10(9-16)6-5-8-15-11(12)13;/h9-10,14H,2-8H2,1H3,(H4,12,13,15);1H/t10-;/m0./s1. The largest absolute Gasteiger partial charge is 0.370 e. The number of hydrogen-bond donors (Lipinski definition) is 3. The molecule has 0 radical (unpaired) electrons. The summed E-state index contributed by atoms with van der Waals surface area (Å²) in [6.45, 7) is 3.65. The molecule has 0 aliphatic heterocycles. The Hall–Kier alpha value is -0.810. The van der Waals surface area contributed by atoms with Gasteiger partial charge in [0.15, 0.2) is 5.96 Å². The molecule has 102 valence electrons. The van der Waals surface area contributed by atoms with Crippen LogP contribution in [0, 0.1) is 0 Å². The lowest BCUT2D eigenvalue weighted by Crippen LogP contribution is -2.31. The number of rotatable bonds is 10. The van der Waals surface area contributed by atoms with Crippen LogP contribution in [0.2, 0.25) is 0 Å². The minimum absolute atomic E-state index is 0. The molecule has 0 aliphatic rings. The third-order valence-electron chi connectivity index (χ3n) is 2.32. The lowest BCUT2D eigenvalue weighted by atomic mass is 10.1. The molecule has 0 aromatic carbocycles. The molecule has 0 saturated heterocycles. The number of unbranched alkanes of at least 4 members (excludes halogenated alkanes) is 2. The van der Waals surface area contributed by atoms with Gasteiger partial charge in [0.25, 0.3) is 0 Å². The predicted molar refractivity (Wildman–Crippen MR) is 74.5 cm³/mol. The van der Waals surface area contributed by atoms with Crippen LogP contribution in [0.5, 0.6) is 0 Å². The van der Waals surface area contributed by atoms with Gasteiger partial charge in [0, 0.05) is 6.54 Å². The summed E-state index contributed by atoms with van der Waals surface area (Å²) in [6.07, 6.45) is 6.08. The van der Waals surface area contributed by atoms with Gasteiger partial charge in [-0.15, -0.1) is 12.4 Å². The van der Waals surface area contributed by atoms with Crippen molar-refractivity contribution >= 4 is 24.7 Å². The SMILES string of the molecule is CCCCCN[C@H](C=O)CCCN=C(N)N.Cl. The van der Waals surface area contributed by atoms with Crippen molar-refractivity contribution in [3.05, 3.63) is 0 Å². The molecule has 5 nitrogen and oxygen atoms in total. The van der Waals surface area contributed by atoms with Crippen LogP contribution in [-0.4, -0.2) is 31.4 Å². The Kier molecular flexibility index (Phi) is 14.5. The Balaban J connectivity index is 0. The summed E-state index contributed by atoms with van der Waals surface area (Å²) in [7, 11) is 0. The minimum atomic E-state index is -0.0638. The fourth-order valence-electron chi connectivity index (χ4n) is 1.40. The van der Waals surface area contributed by atoms with Gasteiger partial charge in [-0.25, -0.2) is 0 Å². The van der Waals surface area contributed by atoms with Crippen molar-refractivity contribution in [2.75, 3.05) is 13.1 Å². The number of nitrogens with two attached hydrogens (primary N) is 2. The molecule has 0 heterocycles. The maximum absolute atomic E-state index is 10.7. The highest BCUT2D eigenvalue weighted by Gasteiger charge is 2.04. The van der Waals surface area contributed by atoms with Crippen LogP contribution in [0.4, 0.5) is 0 Å². The molecule has 0 aromatic heterocycles. The number of aldehydes is 1. The van der Waals surface area contributed by atoms with E-state index in [1.807, 2.05) is 0 Å². The van der Waals surface area contributed by atoms with Crippen molar-refractivity contribution in [3.63, 3.8) is 0 Å². The Morgan fingerprint density at radius 1 is 1.35 bits per heavy atom. The van der Waals surface area contributed by atoms with Crippen LogP contribution >= 0.6 is 12.4 Å². The summed E-state index contributed by atoms with van der Waals surface area (Å²) in [5, 5.41) is 3.21. The van der Waals surface area contributed by atoms with Gasteiger partial charge in [-0.05, 0) is 25.8 Å². The maximum Gasteiger partial charge on any atom is 0.185 e. The highest BCUT2D eigenvalue weighted by atomic mass is 35.5. The molecule has 0 amide bonds. The molecular formula is C11H25ClN4O. The van der Waals surface area contributed by atoms with Gasteiger partial charge in [0.1, 0.15) is 6.29 Å². The molecule has 0 aromatic rings. The van der Waals surface area contributed by atoms with Crippen LogP contribution in [0.25, 0.3) is 0 Å². The highest BCUT2D eigenvalue weighted by Crippen LogP contribution is 1.97. The summed E-state index contributed by atoms with van der Waals surface area (Å²) in [4.78, 5) is 14.6. The van der Waals surface area contributed by atoms with Crippen LogP contribution in [0.15, 0.2) is 4.99 Å². The second kappa shape index (κ2) is 13.3. The van der Waals surface area contributed by atoms with E-state index in [9.17, 15) is 4.79 Å². The third kappa shape index (κ3) is 13.1. The number of carbonyl (C=O) groups is 1. The van der Waals surface area contributed by atoms with Gasteiger partial charge in [-0.2, -0.15) is 0 Å². The predicted octanol–water partition coefficient (Wildman–Crippen LogP) is 0.809. The number of halogens is 1. The summed E-state index contributed by atoms with van der Waals surface area (Å²) < 4.78 is 0. The van der Waals surface area contributed by atoms with Gasteiger partial charge in [-0.3, -0.25) is 4.99 Å². The number of carbonyl (C=O) groups excluding carboxylic acids is 1. The molecule has 0 fully saturated rings. The van der Waals surface area contributed by atoms with Crippen LogP contribution in [0.1, 0.15) is 39.0 Å². The Morgan fingerprint density at radius 2 is 2.06 bits per heavy atom. The van der Waals surface area contributed by atoms with Crippen LogP contribution in [0.3, 0.4) is 0 Å². The Morgan fingerprint density at radius 3 is 2.59 bits per heavy atom. The maximum atomic E-state index is 10.7. The van der Waals surface area contributed by atoms with Gasteiger partial charge in [0.2, 0.25) is 0 Å². The van der Waals surface area contributed by atoms with Crippen LogP contribution in [-0.2, 0) is 4.79 Å². The zero-order valence-electron chi connectivity index (χ0n) is 10.5. The second-order valence-corrected chi connectivity index (χ2v) is 3.85. The first kappa shape index (κ1) is 18.6. The fraction of sp³-hybridized carbons (Fsp3) is 0.818. The van der Waals surface area contributed by atoms with E-state index >= 15 is 0 Å². The number of aliphatic imine (C=N–C) groups is 1. The third-order valence-corrected chi connectivity index (χ3v) is 2.32. The molecule has 6 heteroatoms. The van der Waals surface area contributed by atoms with E-state index < -0.39 is 0 Å². The highest BCUT2D eigenvalue weighted by molar-refractivity contribution is 5.85. The molecule has 0 saturated carbocycles. The van der Waals surface area contributed by atoms with Crippen molar-refractivity contribution in [1.29, 1.82) is 0 Å². The Labute approximate surface area is 110 Å². The zero-order valence-corrected chi connectivity index (χ0v) is 11.3. The van der Waals surface area contributed by atoms with Crippen molar-refractivity contribution in [2.24, 2.45) is 16.5 Å². The number of hydrogen-bond acceptors (Lipinski definition) is 3. The smallest absolute Gasteiger partial charge is 0.185 e. The van der Waals surface area contributed by atoms with Gasteiger partial charge < -0.3 is 21.6 Å². The quantitative estimate of drug-likeness (QED) is 0.236. The monoisotopic (exact) mass is 264 g/mol. The van der Waals surface area contributed by atoms with E-state index in [-0.39, 0.29) is 24.4 Å². The van der Waals surface area contributed by atoms with E-state index in [2.05, 4.69) is 17.2 Å². The summed E-state index contributed by atoms with van der Waals surface area (Å²) in [6, 6.07) is -0.0638. The van der Waals surface area contributed by atoms with Crippen molar-refractivity contribution < 1.29 is 4.79 Å². The lowest BCUT2D eigenvalue weighted by molar-refractivity contribution is -0.109. The summed E-state index contributed by atoms with van der Waals surface area (Å²) in [5.74, 6) is 0.110. The Bertz CT molecular complexity index is 208. The van der Waals surface area contributed by atoms with E-state index in [1.54, 1.807) is 0 Å². The van der Waals surface area contributed by atoms with Crippen molar-refractivity contribution in [3.8, 4) is 0 Å². The zero-order chi connectivity index (χ0) is 12.2. The first-order valence-corrected chi connectivity index (χ1v) is 5.94. The molecule has 5 N–H and O–H groups in total. The second-order valence-electron chi connectivity index (χ2n) is 3.85. The number of nitrogens with one attached hydrogen (secondary N) is 1. The molecule has 1 atom stereocenters. The average molecular weight is 265 g/mol. The first-order valence-electron chi connectivity index (χ1n) is 5.94. The minimum Gasteiger partial charge on any atom is -0.370 e. The number of nitrogens with zero attached hydrogens (tertiary/aromatic N) is 1. The molecule has 0 rings (SSSR count). The molecular weight excluding hydrogens is 240 g/mol. The molecule has 0 spiro atoms. The summed E-state index contributed by atoms with van der Waals surface area (Å²) in [5.41, 5.74) is 10.4. The summed E-state index contributed by atoms with van der Waals surface area (Å²) >= 11 is 0. The molecule has 0 unspecified atom stereocenters. The van der Waals surface area contributed by atoms with E-state index in [0.717, 1.165) is 32.1 Å². The lowest BCUT2D eigenvalue weighted by Gasteiger charge is -2.11. The van der Waals surface area contributed by atoms with E-state index in [4.69, 9.17) is 11.5 Å². The molecule has 17 heavy (non-hydrogen) atoms. The van der Waals surface area contributed by atoms with Gasteiger partial charge in [0.05, 0.1) is 6.04 Å². The topological polar surface area (TPSA) is 93.5 Å². The van der Waals surface area contributed by atoms with Gasteiger partial charge >= 0.3 is 0 Å². The number of guanidine groups is 1. The fourth-order valence-corrected chi connectivity index (χ4v) is 1.40. The molecule has 0 bridgehead atoms. The first-order chi connectivity index (χ1) is 7.70. The van der Waals surface area contributed by atoms with Crippen molar-refractivity contribution in [1.82, 2.24) is 5.32 Å². The normalized spacial score (nSPS) is 11.4. The van der Waals surface area contributed by atoms with Crippen LogP contribution < -0.4 is 16.8 Å². The van der Waals surface area contributed by atoms with E-state index in [0.29, 0.717) is 6.54 Å². The molecule has 0 aliphatic carbocycles.